The van der Waals surface area contributed by atoms with Crippen LogP contribution in [0.2, 0.25) is 0 Å². The largest absolute Gasteiger partial charge is 0.399 e. The van der Waals surface area contributed by atoms with Gasteiger partial charge in [-0.1, -0.05) is 5.16 Å². The van der Waals surface area contributed by atoms with Crippen molar-refractivity contribution in [2.75, 3.05) is 27.2 Å². The number of pyridine rings is 1. The highest BCUT2D eigenvalue weighted by Gasteiger charge is 2.11. The van der Waals surface area contributed by atoms with E-state index < -0.39 is 0 Å². The number of rotatable bonds is 8. The maximum atomic E-state index is 11.3. The standard InChI is InChI=1S/C16H21N5O2/c1-13(19-23-3)10-20(2)8-6-16-14(12-22)11-21(18-16)15-5-4-7-17-9-15/h4-5,7,9,11-12H,6,8,10H2,1-3H3/b19-13+. The molecule has 23 heavy (non-hydrogen) atoms. The van der Waals surface area contributed by atoms with E-state index in [0.717, 1.165) is 29.9 Å². The van der Waals surface area contributed by atoms with Crippen LogP contribution in [0.25, 0.3) is 5.69 Å². The molecule has 0 bridgehead atoms. The molecule has 0 unspecified atom stereocenters. The molecule has 0 saturated carbocycles. The van der Waals surface area contributed by atoms with E-state index in [1.54, 1.807) is 23.3 Å². The van der Waals surface area contributed by atoms with Crippen LogP contribution < -0.4 is 0 Å². The lowest BCUT2D eigenvalue weighted by molar-refractivity contribution is 0.112. The van der Waals surface area contributed by atoms with Crippen LogP contribution in [-0.2, 0) is 11.3 Å². The Morgan fingerprint density at radius 2 is 2.35 bits per heavy atom. The van der Waals surface area contributed by atoms with E-state index in [-0.39, 0.29) is 0 Å². The van der Waals surface area contributed by atoms with Gasteiger partial charge in [0.15, 0.2) is 6.29 Å². The van der Waals surface area contributed by atoms with Gasteiger partial charge in [0.05, 0.1) is 28.9 Å². The fourth-order valence-corrected chi connectivity index (χ4v) is 2.29. The normalized spacial score (nSPS) is 11.7. The zero-order chi connectivity index (χ0) is 16.7. The second-order valence-electron chi connectivity index (χ2n) is 5.30. The lowest BCUT2D eigenvalue weighted by atomic mass is 10.2. The van der Waals surface area contributed by atoms with Gasteiger partial charge in [0.25, 0.3) is 0 Å². The highest BCUT2D eigenvalue weighted by atomic mass is 16.6. The first-order valence-corrected chi connectivity index (χ1v) is 7.33. The summed E-state index contributed by atoms with van der Waals surface area (Å²) < 4.78 is 1.68. The number of carbonyl (C=O) groups excluding carboxylic acids is 1. The minimum absolute atomic E-state index is 0.601. The molecular formula is C16H21N5O2. The molecule has 7 heteroatoms. The minimum Gasteiger partial charge on any atom is -0.399 e. The van der Waals surface area contributed by atoms with Gasteiger partial charge in [-0.15, -0.1) is 0 Å². The summed E-state index contributed by atoms with van der Waals surface area (Å²) in [6.07, 6.45) is 6.66. The molecule has 0 aliphatic carbocycles. The van der Waals surface area contributed by atoms with Crippen LogP contribution in [0.15, 0.2) is 35.9 Å². The first-order chi connectivity index (χ1) is 11.1. The van der Waals surface area contributed by atoms with E-state index in [2.05, 4.69) is 20.1 Å². The lowest BCUT2D eigenvalue weighted by Crippen LogP contribution is -2.27. The summed E-state index contributed by atoms with van der Waals surface area (Å²) in [6.45, 7) is 3.38. The molecule has 0 aliphatic heterocycles. The van der Waals surface area contributed by atoms with Crippen molar-refractivity contribution in [2.24, 2.45) is 5.16 Å². The van der Waals surface area contributed by atoms with Gasteiger partial charge in [-0.25, -0.2) is 4.68 Å². The van der Waals surface area contributed by atoms with Crippen LogP contribution in [0, 0.1) is 0 Å². The fourth-order valence-electron chi connectivity index (χ4n) is 2.29. The number of nitrogens with zero attached hydrogens (tertiary/aromatic N) is 5. The van der Waals surface area contributed by atoms with Gasteiger partial charge in [-0.2, -0.15) is 5.10 Å². The zero-order valence-electron chi connectivity index (χ0n) is 13.6. The summed E-state index contributed by atoms with van der Waals surface area (Å²) in [7, 11) is 3.53. The molecule has 0 atom stereocenters. The number of hydrogen-bond donors (Lipinski definition) is 0. The third kappa shape index (κ3) is 4.72. The number of hydrogen-bond acceptors (Lipinski definition) is 6. The quantitative estimate of drug-likeness (QED) is 0.420. The molecule has 2 aromatic rings. The Balaban J connectivity index is 2.04. The van der Waals surface area contributed by atoms with Crippen LogP contribution in [0.3, 0.4) is 0 Å². The summed E-state index contributed by atoms with van der Waals surface area (Å²) in [5.41, 5.74) is 3.10. The third-order valence-corrected chi connectivity index (χ3v) is 3.34. The van der Waals surface area contributed by atoms with Crippen molar-refractivity contribution in [1.29, 1.82) is 0 Å². The van der Waals surface area contributed by atoms with Gasteiger partial charge in [0, 0.05) is 31.9 Å². The summed E-state index contributed by atoms with van der Waals surface area (Å²) in [5, 5.41) is 8.39. The summed E-state index contributed by atoms with van der Waals surface area (Å²) in [6, 6.07) is 3.73. The average Bonchev–Trinajstić information content (AvgIpc) is 2.97. The van der Waals surface area contributed by atoms with Gasteiger partial charge in [0.1, 0.15) is 7.11 Å². The SMILES string of the molecule is CO/N=C(\C)CN(C)CCc1nn(-c2cccnc2)cc1C=O. The van der Waals surface area contributed by atoms with E-state index in [9.17, 15) is 4.79 Å². The maximum absolute atomic E-state index is 11.3. The lowest BCUT2D eigenvalue weighted by Gasteiger charge is -2.15. The van der Waals surface area contributed by atoms with E-state index in [1.807, 2.05) is 26.1 Å². The molecule has 0 aromatic carbocycles. The third-order valence-electron chi connectivity index (χ3n) is 3.34. The van der Waals surface area contributed by atoms with E-state index >= 15 is 0 Å². The van der Waals surface area contributed by atoms with Gasteiger partial charge >= 0.3 is 0 Å². The second-order valence-corrected chi connectivity index (χ2v) is 5.30. The van der Waals surface area contributed by atoms with Crippen molar-refractivity contribution in [3.63, 3.8) is 0 Å². The molecule has 0 radical (unpaired) electrons. The molecule has 2 heterocycles. The van der Waals surface area contributed by atoms with Crippen molar-refractivity contribution in [1.82, 2.24) is 19.7 Å². The molecule has 0 amide bonds. The molecule has 0 aliphatic rings. The smallest absolute Gasteiger partial charge is 0.153 e. The van der Waals surface area contributed by atoms with E-state index in [1.165, 1.54) is 7.11 Å². The molecular weight excluding hydrogens is 294 g/mol. The Bertz CT molecular complexity index is 666. The van der Waals surface area contributed by atoms with Crippen LogP contribution in [0.5, 0.6) is 0 Å². The molecule has 0 N–H and O–H groups in total. The summed E-state index contributed by atoms with van der Waals surface area (Å²) in [4.78, 5) is 22.2. The number of aromatic nitrogens is 3. The number of oxime groups is 1. The van der Waals surface area contributed by atoms with Crippen molar-refractivity contribution in [2.45, 2.75) is 13.3 Å². The first-order valence-electron chi connectivity index (χ1n) is 7.33. The van der Waals surface area contributed by atoms with Crippen molar-refractivity contribution in [3.05, 3.63) is 42.0 Å². The Kier molecular flexibility index (Phi) is 5.99. The van der Waals surface area contributed by atoms with Crippen LogP contribution >= 0.6 is 0 Å². The fraction of sp³-hybridized carbons (Fsp3) is 0.375. The predicted octanol–water partition coefficient (Wildman–Crippen LogP) is 1.58. The van der Waals surface area contributed by atoms with Crippen LogP contribution in [0.1, 0.15) is 23.0 Å². The molecule has 0 saturated heterocycles. The molecule has 0 spiro atoms. The van der Waals surface area contributed by atoms with Gasteiger partial charge < -0.3 is 9.74 Å². The number of aldehydes is 1. The monoisotopic (exact) mass is 315 g/mol. The summed E-state index contributed by atoms with van der Waals surface area (Å²) in [5.74, 6) is 0. The average molecular weight is 315 g/mol. The second kappa shape index (κ2) is 8.19. The Morgan fingerprint density at radius 1 is 1.52 bits per heavy atom. The van der Waals surface area contributed by atoms with E-state index in [4.69, 9.17) is 4.84 Å². The highest BCUT2D eigenvalue weighted by Crippen LogP contribution is 2.11. The molecule has 7 nitrogen and oxygen atoms in total. The zero-order valence-corrected chi connectivity index (χ0v) is 13.6. The topological polar surface area (TPSA) is 72.6 Å². The molecule has 0 fully saturated rings. The van der Waals surface area contributed by atoms with Crippen molar-refractivity contribution < 1.29 is 9.63 Å². The number of likely N-dealkylation sites (N-methyl/N-ethyl adjacent to an activating group) is 1. The van der Waals surface area contributed by atoms with Crippen molar-refractivity contribution >= 4 is 12.0 Å². The van der Waals surface area contributed by atoms with E-state index in [0.29, 0.717) is 18.5 Å². The van der Waals surface area contributed by atoms with Crippen LogP contribution in [-0.4, -0.2) is 58.9 Å². The van der Waals surface area contributed by atoms with Crippen LogP contribution in [0.4, 0.5) is 0 Å². The first kappa shape index (κ1) is 16.8. The molecule has 2 aromatic heterocycles. The van der Waals surface area contributed by atoms with Gasteiger partial charge in [-0.05, 0) is 26.1 Å². The Hall–Kier alpha value is -2.54. The maximum Gasteiger partial charge on any atom is 0.153 e. The number of carbonyl (C=O) groups is 1. The van der Waals surface area contributed by atoms with Gasteiger partial charge in [0.2, 0.25) is 0 Å². The van der Waals surface area contributed by atoms with Crippen molar-refractivity contribution in [3.8, 4) is 5.69 Å². The summed E-state index contributed by atoms with van der Waals surface area (Å²) >= 11 is 0. The molecule has 2 rings (SSSR count). The predicted molar refractivity (Wildman–Crippen MR) is 88.1 cm³/mol. The van der Waals surface area contributed by atoms with Gasteiger partial charge in [-0.3, -0.25) is 9.78 Å². The highest BCUT2D eigenvalue weighted by molar-refractivity contribution is 5.83. The molecule has 122 valence electrons. The minimum atomic E-state index is 0.601. The Labute approximate surface area is 135 Å². The Morgan fingerprint density at radius 3 is 3.00 bits per heavy atom.